The summed E-state index contributed by atoms with van der Waals surface area (Å²) in [6.07, 6.45) is 2.16. The Kier molecular flexibility index (Phi) is 5.00. The lowest BCUT2D eigenvalue weighted by Crippen LogP contribution is -2.17. The number of carbonyl (C=O) groups excluding carboxylic acids is 1. The highest BCUT2D eigenvalue weighted by Crippen LogP contribution is 2.19. The first-order valence-electron chi connectivity index (χ1n) is 8.32. The molecule has 0 bridgehead atoms. The van der Waals surface area contributed by atoms with E-state index in [1.165, 1.54) is 5.56 Å². The number of aryl methyl sites for hydroxylation is 3. The van der Waals surface area contributed by atoms with Crippen LogP contribution in [0, 0.1) is 20.8 Å². The molecule has 3 rings (SSSR count). The van der Waals surface area contributed by atoms with Crippen LogP contribution in [0.1, 0.15) is 22.3 Å². The smallest absolute Gasteiger partial charge is 0.252 e. The number of hydrogen-bond donors (Lipinski definition) is 0. The van der Waals surface area contributed by atoms with Crippen LogP contribution in [0.15, 0.2) is 54.0 Å². The zero-order valence-electron chi connectivity index (χ0n) is 14.9. The average molecular weight is 350 g/mol. The van der Waals surface area contributed by atoms with Crippen LogP contribution in [0.25, 0.3) is 10.2 Å². The Bertz CT molecular complexity index is 1020. The fourth-order valence-electron chi connectivity index (χ4n) is 2.87. The third kappa shape index (κ3) is 3.80. The molecular weight excluding hydrogens is 328 g/mol. The van der Waals surface area contributed by atoms with E-state index >= 15 is 0 Å². The van der Waals surface area contributed by atoms with E-state index in [4.69, 9.17) is 0 Å². The summed E-state index contributed by atoms with van der Waals surface area (Å²) in [5.74, 6) is -0.116. The van der Waals surface area contributed by atoms with Crippen LogP contribution < -0.4 is 4.80 Å². The number of thiazole rings is 1. The molecule has 0 radical (unpaired) electrons. The molecule has 2 aromatic carbocycles. The molecule has 0 aliphatic carbocycles. The molecule has 128 valence electrons. The van der Waals surface area contributed by atoms with Gasteiger partial charge in [-0.2, -0.15) is 4.99 Å². The highest BCUT2D eigenvalue weighted by Gasteiger charge is 2.09. The summed E-state index contributed by atoms with van der Waals surface area (Å²) in [4.78, 5) is 17.7. The van der Waals surface area contributed by atoms with Crippen molar-refractivity contribution in [2.75, 3.05) is 0 Å². The van der Waals surface area contributed by atoms with Crippen molar-refractivity contribution in [1.29, 1.82) is 0 Å². The van der Waals surface area contributed by atoms with E-state index in [0.717, 1.165) is 31.7 Å². The van der Waals surface area contributed by atoms with Crippen LogP contribution in [-0.2, 0) is 17.8 Å². The van der Waals surface area contributed by atoms with Crippen molar-refractivity contribution in [3.05, 3.63) is 76.1 Å². The van der Waals surface area contributed by atoms with Crippen LogP contribution >= 0.6 is 11.3 Å². The zero-order valence-corrected chi connectivity index (χ0v) is 15.7. The normalized spacial score (nSPS) is 11.9. The van der Waals surface area contributed by atoms with Gasteiger partial charge in [-0.25, -0.2) is 0 Å². The summed E-state index contributed by atoms with van der Waals surface area (Å²) in [7, 11) is 0. The van der Waals surface area contributed by atoms with E-state index in [-0.39, 0.29) is 5.91 Å². The minimum absolute atomic E-state index is 0.116. The van der Waals surface area contributed by atoms with Crippen LogP contribution in [0.3, 0.4) is 0 Å². The molecule has 0 saturated carbocycles. The number of benzene rings is 2. The van der Waals surface area contributed by atoms with Gasteiger partial charge in [-0.05, 0) is 49.6 Å². The van der Waals surface area contributed by atoms with Crippen molar-refractivity contribution >= 4 is 27.5 Å². The Balaban J connectivity index is 2.02. The van der Waals surface area contributed by atoms with Gasteiger partial charge in [-0.15, -0.1) is 6.58 Å². The lowest BCUT2D eigenvalue weighted by atomic mass is 10.0. The van der Waals surface area contributed by atoms with E-state index in [2.05, 4.69) is 54.9 Å². The highest BCUT2D eigenvalue weighted by atomic mass is 32.1. The first-order chi connectivity index (χ1) is 12.0. The van der Waals surface area contributed by atoms with Gasteiger partial charge in [0.25, 0.3) is 5.91 Å². The molecule has 0 atom stereocenters. The van der Waals surface area contributed by atoms with E-state index in [9.17, 15) is 4.79 Å². The van der Waals surface area contributed by atoms with Gasteiger partial charge in [0.1, 0.15) is 0 Å². The predicted octanol–water partition coefficient (Wildman–Crippen LogP) is 4.48. The summed E-state index contributed by atoms with van der Waals surface area (Å²) in [5.41, 5.74) is 5.62. The third-order valence-corrected chi connectivity index (χ3v) is 5.26. The van der Waals surface area contributed by atoms with Crippen LogP contribution in [0.2, 0.25) is 0 Å². The lowest BCUT2D eigenvalue weighted by molar-refractivity contribution is -0.117. The van der Waals surface area contributed by atoms with Crippen molar-refractivity contribution in [1.82, 2.24) is 4.57 Å². The minimum atomic E-state index is -0.116. The second kappa shape index (κ2) is 7.19. The molecule has 0 saturated heterocycles. The number of aromatic nitrogens is 1. The quantitative estimate of drug-likeness (QED) is 0.639. The highest BCUT2D eigenvalue weighted by molar-refractivity contribution is 7.16. The van der Waals surface area contributed by atoms with Gasteiger partial charge in [0.05, 0.1) is 16.6 Å². The maximum absolute atomic E-state index is 12.5. The molecule has 0 spiro atoms. The SMILES string of the molecule is C=CCn1c(=NC(=O)Cc2cc(C)ccc2C)sc2cc(C)ccc21. The molecule has 1 amide bonds. The molecule has 4 heteroatoms. The van der Waals surface area contributed by atoms with Gasteiger partial charge >= 0.3 is 0 Å². The summed E-state index contributed by atoms with van der Waals surface area (Å²) in [6.45, 7) is 10.6. The maximum Gasteiger partial charge on any atom is 0.252 e. The third-order valence-electron chi connectivity index (χ3n) is 4.22. The molecule has 3 nitrogen and oxygen atoms in total. The molecule has 0 unspecified atom stereocenters. The molecule has 0 N–H and O–H groups in total. The van der Waals surface area contributed by atoms with Gasteiger partial charge in [-0.1, -0.05) is 47.2 Å². The largest absolute Gasteiger partial charge is 0.313 e. The van der Waals surface area contributed by atoms with Crippen molar-refractivity contribution in [3.8, 4) is 0 Å². The van der Waals surface area contributed by atoms with Crippen molar-refractivity contribution in [2.45, 2.75) is 33.7 Å². The van der Waals surface area contributed by atoms with Crippen LogP contribution in [0.5, 0.6) is 0 Å². The van der Waals surface area contributed by atoms with Crippen LogP contribution in [-0.4, -0.2) is 10.5 Å². The average Bonchev–Trinajstić information content (AvgIpc) is 2.88. The Labute approximate surface area is 152 Å². The molecule has 0 aliphatic heterocycles. The molecule has 1 heterocycles. The summed E-state index contributed by atoms with van der Waals surface area (Å²) in [5, 5.41) is 0. The van der Waals surface area contributed by atoms with Gasteiger partial charge in [0, 0.05) is 6.54 Å². The first kappa shape index (κ1) is 17.4. The Morgan fingerprint density at radius 1 is 1.16 bits per heavy atom. The monoisotopic (exact) mass is 350 g/mol. The standard InChI is InChI=1S/C21H22N2OS/c1-5-10-23-18-9-7-15(3)12-19(18)25-21(23)22-20(24)13-17-11-14(2)6-8-16(17)4/h5-9,11-12H,1,10,13H2,2-4H3. The van der Waals surface area contributed by atoms with E-state index in [1.807, 2.05) is 24.5 Å². The lowest BCUT2D eigenvalue weighted by Gasteiger charge is -2.04. The van der Waals surface area contributed by atoms with Gasteiger partial charge < -0.3 is 4.57 Å². The molecule has 0 fully saturated rings. The number of carbonyl (C=O) groups is 1. The summed E-state index contributed by atoms with van der Waals surface area (Å²) >= 11 is 1.55. The van der Waals surface area contributed by atoms with Crippen molar-refractivity contribution in [2.24, 2.45) is 4.99 Å². The number of hydrogen-bond acceptors (Lipinski definition) is 2. The summed E-state index contributed by atoms with van der Waals surface area (Å²) in [6, 6.07) is 12.5. The Hall–Kier alpha value is -2.46. The van der Waals surface area contributed by atoms with E-state index < -0.39 is 0 Å². The van der Waals surface area contributed by atoms with Gasteiger partial charge in [0.15, 0.2) is 4.80 Å². The van der Waals surface area contributed by atoms with E-state index in [1.54, 1.807) is 11.3 Å². The van der Waals surface area contributed by atoms with Crippen LogP contribution in [0.4, 0.5) is 0 Å². The fourth-order valence-corrected chi connectivity index (χ4v) is 4.03. The Morgan fingerprint density at radius 2 is 1.88 bits per heavy atom. The second-order valence-electron chi connectivity index (χ2n) is 6.37. The molecule has 3 aromatic rings. The summed E-state index contributed by atoms with van der Waals surface area (Å²) < 4.78 is 3.19. The second-order valence-corrected chi connectivity index (χ2v) is 7.38. The molecular formula is C21H22N2OS. The van der Waals surface area contributed by atoms with E-state index in [0.29, 0.717) is 13.0 Å². The number of rotatable bonds is 4. The topological polar surface area (TPSA) is 34.4 Å². The number of allylic oxidation sites excluding steroid dienone is 1. The molecule has 0 aliphatic rings. The first-order valence-corrected chi connectivity index (χ1v) is 9.14. The zero-order chi connectivity index (χ0) is 18.0. The molecule has 1 aromatic heterocycles. The van der Waals surface area contributed by atoms with Crippen molar-refractivity contribution < 1.29 is 4.79 Å². The molecule has 25 heavy (non-hydrogen) atoms. The number of nitrogens with zero attached hydrogens (tertiary/aromatic N) is 2. The van der Waals surface area contributed by atoms with Gasteiger partial charge in [-0.3, -0.25) is 4.79 Å². The minimum Gasteiger partial charge on any atom is -0.313 e. The maximum atomic E-state index is 12.5. The Morgan fingerprint density at radius 3 is 2.64 bits per heavy atom. The van der Waals surface area contributed by atoms with Crippen molar-refractivity contribution in [3.63, 3.8) is 0 Å². The van der Waals surface area contributed by atoms with Gasteiger partial charge in [0.2, 0.25) is 0 Å². The fraction of sp³-hybridized carbons (Fsp3) is 0.238. The number of amides is 1. The number of fused-ring (bicyclic) bond motifs is 1. The predicted molar refractivity (Wildman–Crippen MR) is 105 cm³/mol.